The summed E-state index contributed by atoms with van der Waals surface area (Å²) in [6.07, 6.45) is 7.24. The van der Waals surface area contributed by atoms with Crippen LogP contribution in [-0.4, -0.2) is 67.5 Å². The lowest BCUT2D eigenvalue weighted by Crippen LogP contribution is -2.43. The van der Waals surface area contributed by atoms with E-state index in [4.69, 9.17) is 24.2 Å². The first-order valence-electron chi connectivity index (χ1n) is 17.2. The van der Waals surface area contributed by atoms with E-state index in [1.54, 1.807) is 11.0 Å². The van der Waals surface area contributed by atoms with Gasteiger partial charge in [-0.25, -0.2) is 19.4 Å². The van der Waals surface area contributed by atoms with E-state index < -0.39 is 5.60 Å². The van der Waals surface area contributed by atoms with Gasteiger partial charge in [0, 0.05) is 53.7 Å². The quantitative estimate of drug-likeness (QED) is 0.201. The number of hydrogen-bond acceptors (Lipinski definition) is 9. The normalized spacial score (nSPS) is 16.4. The molecule has 0 spiro atoms. The summed E-state index contributed by atoms with van der Waals surface area (Å²) in [6.45, 7) is 12.8. The number of aromatic nitrogens is 4. The van der Waals surface area contributed by atoms with E-state index in [1.165, 1.54) is 0 Å². The average molecular weight is 682 g/mol. The van der Waals surface area contributed by atoms with Gasteiger partial charge in [-0.2, -0.15) is 5.10 Å². The maximum Gasteiger partial charge on any atom is 0.410 e. The zero-order valence-electron chi connectivity index (χ0n) is 29.8. The van der Waals surface area contributed by atoms with Gasteiger partial charge in [0.05, 0.1) is 18.4 Å². The number of nitrogens with zero attached hydrogens (tertiary/aromatic N) is 5. The third-order valence-electron chi connectivity index (χ3n) is 8.22. The molecule has 1 unspecified atom stereocenters. The SMILES string of the molecule is CC(C)(C)NC(=O)COc1cccc(-c2nc3c(c(Nc4ccc(-c5cnn(C6CCCCO6)c5)cc4)n2)CN(C(=O)OC(C)(C)C)CC3)c1. The van der Waals surface area contributed by atoms with Gasteiger partial charge in [0.1, 0.15) is 23.4 Å². The van der Waals surface area contributed by atoms with E-state index in [0.29, 0.717) is 36.9 Å². The van der Waals surface area contributed by atoms with Crippen molar-refractivity contribution in [2.45, 2.75) is 91.1 Å². The molecule has 12 heteroatoms. The fourth-order valence-electron chi connectivity index (χ4n) is 5.92. The molecule has 2 aliphatic heterocycles. The highest BCUT2D eigenvalue weighted by molar-refractivity contribution is 5.78. The van der Waals surface area contributed by atoms with Crippen molar-refractivity contribution < 1.29 is 23.8 Å². The minimum absolute atomic E-state index is 0.0166. The Morgan fingerprint density at radius 2 is 1.78 bits per heavy atom. The molecule has 50 heavy (non-hydrogen) atoms. The fourth-order valence-corrected chi connectivity index (χ4v) is 5.92. The number of benzene rings is 2. The molecule has 4 aromatic rings. The topological polar surface area (TPSA) is 133 Å². The fraction of sp³-hybridized carbons (Fsp3) is 0.447. The molecule has 264 valence electrons. The van der Waals surface area contributed by atoms with Gasteiger partial charge >= 0.3 is 6.09 Å². The monoisotopic (exact) mass is 681 g/mol. The van der Waals surface area contributed by atoms with Crippen molar-refractivity contribution in [3.8, 4) is 28.3 Å². The van der Waals surface area contributed by atoms with Gasteiger partial charge in [-0.15, -0.1) is 0 Å². The second-order valence-electron chi connectivity index (χ2n) is 14.8. The van der Waals surface area contributed by atoms with Crippen molar-refractivity contribution >= 4 is 23.5 Å². The molecule has 2 amide bonds. The minimum atomic E-state index is -0.610. The lowest BCUT2D eigenvalue weighted by atomic mass is 10.0. The first-order valence-corrected chi connectivity index (χ1v) is 17.2. The van der Waals surface area contributed by atoms with Crippen molar-refractivity contribution in [2.75, 3.05) is 25.1 Å². The molecule has 2 aliphatic rings. The number of hydrogen-bond donors (Lipinski definition) is 2. The Hall–Kier alpha value is -4.97. The maximum atomic E-state index is 13.1. The number of fused-ring (bicyclic) bond motifs is 1. The maximum absolute atomic E-state index is 13.1. The van der Waals surface area contributed by atoms with E-state index >= 15 is 0 Å². The van der Waals surface area contributed by atoms with Crippen molar-refractivity contribution in [1.82, 2.24) is 30.0 Å². The van der Waals surface area contributed by atoms with Crippen LogP contribution in [0.3, 0.4) is 0 Å². The molecule has 1 saturated heterocycles. The predicted octanol–water partition coefficient (Wildman–Crippen LogP) is 7.04. The van der Waals surface area contributed by atoms with Crippen molar-refractivity contribution in [2.24, 2.45) is 0 Å². The molecule has 0 aliphatic carbocycles. The van der Waals surface area contributed by atoms with Gasteiger partial charge in [-0.3, -0.25) is 4.79 Å². The molecule has 2 aromatic carbocycles. The van der Waals surface area contributed by atoms with Crippen LogP contribution >= 0.6 is 0 Å². The van der Waals surface area contributed by atoms with Gasteiger partial charge in [0.2, 0.25) is 0 Å². The third-order valence-corrected chi connectivity index (χ3v) is 8.22. The van der Waals surface area contributed by atoms with Crippen LogP contribution in [0.15, 0.2) is 60.9 Å². The Labute approximate surface area is 293 Å². The smallest absolute Gasteiger partial charge is 0.410 e. The first kappa shape index (κ1) is 34.9. The zero-order chi connectivity index (χ0) is 35.5. The molecule has 0 bridgehead atoms. The van der Waals surface area contributed by atoms with Crippen LogP contribution in [0, 0.1) is 0 Å². The molecular weight excluding hydrogens is 634 g/mol. The number of carbonyl (C=O) groups excluding carboxylic acids is 2. The Morgan fingerprint density at radius 1 is 0.980 bits per heavy atom. The van der Waals surface area contributed by atoms with Crippen molar-refractivity contribution in [1.29, 1.82) is 0 Å². The zero-order valence-corrected chi connectivity index (χ0v) is 29.8. The summed E-state index contributed by atoms with van der Waals surface area (Å²) in [4.78, 5) is 37.1. The van der Waals surface area contributed by atoms with Gasteiger partial charge < -0.3 is 29.7 Å². The highest BCUT2D eigenvalue weighted by Crippen LogP contribution is 2.32. The molecule has 2 N–H and O–H groups in total. The lowest BCUT2D eigenvalue weighted by Gasteiger charge is -2.31. The van der Waals surface area contributed by atoms with E-state index in [0.717, 1.165) is 59.5 Å². The Bertz CT molecular complexity index is 1820. The first-order chi connectivity index (χ1) is 23.8. The van der Waals surface area contributed by atoms with Crippen LogP contribution < -0.4 is 15.4 Å². The highest BCUT2D eigenvalue weighted by atomic mass is 16.6. The number of rotatable bonds is 8. The van der Waals surface area contributed by atoms with Gasteiger partial charge in [-0.05, 0) is 90.6 Å². The second-order valence-corrected chi connectivity index (χ2v) is 14.8. The molecular formula is C38H47N7O5. The highest BCUT2D eigenvalue weighted by Gasteiger charge is 2.29. The summed E-state index contributed by atoms with van der Waals surface area (Å²) < 4.78 is 19.3. The van der Waals surface area contributed by atoms with Crippen LogP contribution in [-0.2, 0) is 27.2 Å². The molecule has 1 atom stereocenters. The number of amides is 2. The summed E-state index contributed by atoms with van der Waals surface area (Å²) >= 11 is 0. The Morgan fingerprint density at radius 3 is 2.50 bits per heavy atom. The Balaban J connectivity index is 1.26. The van der Waals surface area contributed by atoms with E-state index in [-0.39, 0.29) is 30.4 Å². The van der Waals surface area contributed by atoms with Gasteiger partial charge in [0.25, 0.3) is 5.91 Å². The molecule has 1 fully saturated rings. The molecule has 12 nitrogen and oxygen atoms in total. The van der Waals surface area contributed by atoms with E-state index in [2.05, 4.69) is 15.7 Å². The number of anilines is 2. The van der Waals surface area contributed by atoms with Crippen LogP contribution in [0.5, 0.6) is 5.75 Å². The molecule has 4 heterocycles. The average Bonchev–Trinajstić information content (AvgIpc) is 3.57. The lowest BCUT2D eigenvalue weighted by molar-refractivity contribution is -0.124. The number of nitrogens with one attached hydrogen (secondary N) is 2. The summed E-state index contributed by atoms with van der Waals surface area (Å²) in [5.74, 6) is 1.44. The third kappa shape index (κ3) is 8.97. The van der Waals surface area contributed by atoms with Gasteiger partial charge in [-0.1, -0.05) is 24.3 Å². The molecule has 0 radical (unpaired) electrons. The summed E-state index contributed by atoms with van der Waals surface area (Å²) in [5.41, 5.74) is 4.34. The summed E-state index contributed by atoms with van der Waals surface area (Å²) in [6, 6.07) is 15.5. The number of ether oxygens (including phenoxy) is 3. The minimum Gasteiger partial charge on any atom is -0.484 e. The molecule has 6 rings (SSSR count). The van der Waals surface area contributed by atoms with E-state index in [1.807, 2.05) is 101 Å². The van der Waals surface area contributed by atoms with Crippen LogP contribution in [0.25, 0.3) is 22.5 Å². The second kappa shape index (κ2) is 14.5. The van der Waals surface area contributed by atoms with Crippen molar-refractivity contribution in [3.63, 3.8) is 0 Å². The van der Waals surface area contributed by atoms with Crippen molar-refractivity contribution in [3.05, 3.63) is 72.2 Å². The van der Waals surface area contributed by atoms with Gasteiger partial charge in [0.15, 0.2) is 12.4 Å². The Kier molecular flexibility index (Phi) is 10.1. The van der Waals surface area contributed by atoms with Crippen LogP contribution in [0.4, 0.5) is 16.3 Å². The van der Waals surface area contributed by atoms with Crippen LogP contribution in [0.2, 0.25) is 0 Å². The number of carbonyl (C=O) groups is 2. The summed E-state index contributed by atoms with van der Waals surface area (Å²) in [5, 5.41) is 11.0. The van der Waals surface area contributed by atoms with E-state index in [9.17, 15) is 9.59 Å². The van der Waals surface area contributed by atoms with Crippen LogP contribution in [0.1, 0.15) is 78.3 Å². The largest absolute Gasteiger partial charge is 0.484 e. The predicted molar refractivity (Wildman–Crippen MR) is 191 cm³/mol. The summed E-state index contributed by atoms with van der Waals surface area (Å²) in [7, 11) is 0. The molecule has 0 saturated carbocycles. The standard InChI is InChI=1S/C38H47N7O5/c1-37(2,3)43-32(46)24-49-29-11-9-10-26(20-29)34-41-31-17-18-44(36(47)50-38(4,5)6)23-30(31)35(42-34)40-28-15-13-25(14-16-28)27-21-39-45(22-27)33-12-7-8-19-48-33/h9-11,13-16,20-22,33H,7-8,12,17-19,23-24H2,1-6H3,(H,43,46)(H,40,41,42). The molecule has 2 aromatic heterocycles.